The first-order valence-electron chi connectivity index (χ1n) is 12.4. The van der Waals surface area contributed by atoms with Gasteiger partial charge in [-0.2, -0.15) is 21.1 Å². The highest BCUT2D eigenvalue weighted by Gasteiger charge is 2.50. The smallest absolute Gasteiger partial charge is 0.310 e. The van der Waals surface area contributed by atoms with E-state index in [1.807, 2.05) is 6.92 Å². The van der Waals surface area contributed by atoms with Crippen molar-refractivity contribution in [3.05, 3.63) is 90.0 Å². The summed E-state index contributed by atoms with van der Waals surface area (Å²) in [6.07, 6.45) is 0. The van der Waals surface area contributed by atoms with Crippen molar-refractivity contribution in [1.82, 2.24) is 9.62 Å². The van der Waals surface area contributed by atoms with Crippen LogP contribution in [0.2, 0.25) is 0 Å². The Bertz CT molecular complexity index is 1610. The highest BCUT2D eigenvalue weighted by molar-refractivity contribution is 7.89. The van der Waals surface area contributed by atoms with E-state index in [1.165, 1.54) is 48.5 Å². The van der Waals surface area contributed by atoms with Gasteiger partial charge in [0.1, 0.15) is 18.0 Å². The summed E-state index contributed by atoms with van der Waals surface area (Å²) >= 11 is 0. The minimum absolute atomic E-state index is 0.0599. The first-order valence-corrected chi connectivity index (χ1v) is 16.6. The van der Waals surface area contributed by atoms with Crippen molar-refractivity contribution in [3.8, 4) is 0 Å². The van der Waals surface area contributed by atoms with Gasteiger partial charge in [-0.15, -0.1) is 0 Å². The van der Waals surface area contributed by atoms with Gasteiger partial charge in [-0.3, -0.25) is 0 Å². The van der Waals surface area contributed by atoms with Gasteiger partial charge in [0, 0.05) is 19.6 Å². The lowest BCUT2D eigenvalue weighted by molar-refractivity contribution is -0.975. The molecule has 1 unspecified atom stereocenters. The molecule has 1 fully saturated rings. The molecule has 1 saturated heterocycles. The number of sulfonamides is 2. The van der Waals surface area contributed by atoms with Gasteiger partial charge in [0.2, 0.25) is 10.0 Å². The number of hydroxylamine groups is 2. The molecule has 1 aliphatic heterocycles. The molecule has 0 radical (unpaired) electrons. The summed E-state index contributed by atoms with van der Waals surface area (Å²) in [5.74, 6) is 0. The number of hydrogen-bond acceptors (Lipinski definition) is 8. The fraction of sp³-hybridized carbons (Fsp3) is 0.308. The first-order chi connectivity index (χ1) is 18.4. The van der Waals surface area contributed by atoms with Crippen molar-refractivity contribution in [1.29, 1.82) is 0 Å². The number of hydrogen-bond donors (Lipinski definition) is 1. The van der Waals surface area contributed by atoms with E-state index in [0.29, 0.717) is 0 Å². The summed E-state index contributed by atoms with van der Waals surface area (Å²) in [5, 5.41) is 3.04. The van der Waals surface area contributed by atoms with E-state index in [0.717, 1.165) is 15.4 Å². The van der Waals surface area contributed by atoms with Crippen molar-refractivity contribution in [3.63, 3.8) is 0 Å². The van der Waals surface area contributed by atoms with Crippen molar-refractivity contribution < 1.29 is 33.6 Å². The summed E-state index contributed by atoms with van der Waals surface area (Å²) < 4.78 is 87.6. The number of quaternary nitrogens is 1. The Labute approximate surface area is 230 Å². The van der Waals surface area contributed by atoms with Crippen LogP contribution in [0.25, 0.3) is 0 Å². The normalized spacial score (nSPS) is 20.1. The fourth-order valence-electron chi connectivity index (χ4n) is 4.23. The second-order valence-corrected chi connectivity index (χ2v) is 14.9. The summed E-state index contributed by atoms with van der Waals surface area (Å²) in [6.45, 7) is 2.96. The molecule has 3 aromatic rings. The first kappa shape index (κ1) is 29.3. The molecule has 4 rings (SSSR count). The quantitative estimate of drug-likeness (QED) is 0.414. The molecular weight excluding hydrogens is 563 g/mol. The molecule has 1 atom stereocenters. The number of aryl methyl sites for hydroxylation is 2. The minimum atomic E-state index is -4.57. The molecule has 0 aliphatic carbocycles. The van der Waals surface area contributed by atoms with E-state index in [-0.39, 0.29) is 47.4 Å². The third kappa shape index (κ3) is 6.24. The summed E-state index contributed by atoms with van der Waals surface area (Å²) in [4.78, 5) is -0.285. The van der Waals surface area contributed by atoms with Gasteiger partial charge in [-0.05, 0) is 50.2 Å². The van der Waals surface area contributed by atoms with E-state index in [4.69, 9.17) is 4.28 Å². The van der Waals surface area contributed by atoms with E-state index >= 15 is 0 Å². The Kier molecular flexibility index (Phi) is 8.61. The van der Waals surface area contributed by atoms with Crippen molar-refractivity contribution in [2.24, 2.45) is 0 Å². The third-order valence-corrected chi connectivity index (χ3v) is 12.1. The minimum Gasteiger partial charge on any atom is -0.310 e. The highest BCUT2D eigenvalue weighted by atomic mass is 32.2. The van der Waals surface area contributed by atoms with Gasteiger partial charge in [-0.1, -0.05) is 61.9 Å². The van der Waals surface area contributed by atoms with Crippen molar-refractivity contribution in [2.75, 3.05) is 39.3 Å². The van der Waals surface area contributed by atoms with Gasteiger partial charge in [0.05, 0.1) is 16.3 Å². The standard InChI is InChI=1S/C26H32N3O7S3/c1-22-8-12-24(13-9-22)37(30,31)28-18-16-27-17-20-29(21-19-28,36-39(34,35)26-6-4-3-5-7-26)38(32,33)25-14-10-23(2)11-15-25/h3-15,27H,16-21H2,1-2H3/q+1. The molecule has 13 heteroatoms. The van der Waals surface area contributed by atoms with Crippen LogP contribution in [-0.2, 0) is 34.4 Å². The third-order valence-electron chi connectivity index (χ3n) is 6.54. The van der Waals surface area contributed by atoms with E-state index in [2.05, 4.69) is 5.32 Å². The molecule has 0 bridgehead atoms. The fourth-order valence-corrected chi connectivity index (χ4v) is 8.83. The Morgan fingerprint density at radius 3 is 1.82 bits per heavy atom. The lowest BCUT2D eigenvalue weighted by atomic mass is 10.2. The zero-order valence-corrected chi connectivity index (χ0v) is 24.2. The Morgan fingerprint density at radius 2 is 1.23 bits per heavy atom. The van der Waals surface area contributed by atoms with Crippen LogP contribution >= 0.6 is 0 Å². The molecule has 0 saturated carbocycles. The molecule has 210 valence electrons. The predicted octanol–water partition coefficient (Wildman–Crippen LogP) is 2.42. The second kappa shape index (κ2) is 11.5. The van der Waals surface area contributed by atoms with Gasteiger partial charge < -0.3 is 5.32 Å². The summed E-state index contributed by atoms with van der Waals surface area (Å²) in [7, 11) is -13.1. The second-order valence-electron chi connectivity index (χ2n) is 9.36. The Hall–Kier alpha value is -2.65. The monoisotopic (exact) mass is 594 g/mol. The maximum atomic E-state index is 14.2. The lowest BCUT2D eigenvalue weighted by Gasteiger charge is -2.33. The lowest BCUT2D eigenvalue weighted by Crippen LogP contribution is -2.58. The van der Waals surface area contributed by atoms with Gasteiger partial charge in [-0.25, -0.2) is 8.42 Å². The molecule has 39 heavy (non-hydrogen) atoms. The zero-order chi connectivity index (χ0) is 28.3. The van der Waals surface area contributed by atoms with Crippen LogP contribution in [0.3, 0.4) is 0 Å². The Balaban J connectivity index is 1.80. The van der Waals surface area contributed by atoms with Gasteiger partial charge in [0.15, 0.2) is 0 Å². The number of benzene rings is 3. The molecule has 0 aromatic heterocycles. The topological polar surface area (TPSA) is 127 Å². The highest BCUT2D eigenvalue weighted by Crippen LogP contribution is 2.30. The Morgan fingerprint density at radius 1 is 0.667 bits per heavy atom. The number of nitrogens with zero attached hydrogens (tertiary/aromatic N) is 2. The molecule has 0 amide bonds. The maximum absolute atomic E-state index is 14.2. The molecule has 3 aromatic carbocycles. The van der Waals surface area contributed by atoms with Crippen LogP contribution in [0.15, 0.2) is 93.5 Å². The van der Waals surface area contributed by atoms with E-state index in [1.54, 1.807) is 37.3 Å². The molecule has 1 heterocycles. The summed E-state index contributed by atoms with van der Waals surface area (Å²) in [6, 6.07) is 19.6. The molecule has 1 aliphatic rings. The van der Waals surface area contributed by atoms with Crippen LogP contribution < -0.4 is 5.32 Å². The van der Waals surface area contributed by atoms with Gasteiger partial charge in [0.25, 0.3) is 0 Å². The maximum Gasteiger partial charge on any atom is 0.358 e. The average Bonchev–Trinajstić information content (AvgIpc) is 3.01. The molecule has 1 N–H and O–H groups in total. The number of rotatable bonds is 7. The van der Waals surface area contributed by atoms with Crippen LogP contribution in [0.4, 0.5) is 0 Å². The zero-order valence-electron chi connectivity index (χ0n) is 21.7. The predicted molar refractivity (Wildman–Crippen MR) is 146 cm³/mol. The average molecular weight is 595 g/mol. The molecule has 10 nitrogen and oxygen atoms in total. The SMILES string of the molecule is Cc1ccc(S(=O)(=O)N2CCNCC[N+](OS(=O)(=O)c3ccccc3)(S(=O)(=O)c3ccc(C)cc3)CC2)cc1. The molecule has 0 spiro atoms. The molecular formula is C26H32N3O7S3+. The van der Waals surface area contributed by atoms with E-state index in [9.17, 15) is 25.3 Å². The van der Waals surface area contributed by atoms with Gasteiger partial charge >= 0.3 is 20.1 Å². The summed E-state index contributed by atoms with van der Waals surface area (Å²) in [5.41, 5.74) is 1.71. The van der Waals surface area contributed by atoms with Crippen LogP contribution in [0, 0.1) is 13.8 Å². The van der Waals surface area contributed by atoms with E-state index < -0.39 is 40.8 Å². The van der Waals surface area contributed by atoms with Crippen molar-refractivity contribution in [2.45, 2.75) is 28.5 Å². The van der Waals surface area contributed by atoms with Crippen molar-refractivity contribution >= 4 is 30.2 Å². The van der Waals surface area contributed by atoms with Crippen LogP contribution in [0.1, 0.15) is 11.1 Å². The van der Waals surface area contributed by atoms with Crippen LogP contribution in [-0.4, -0.2) is 72.9 Å². The van der Waals surface area contributed by atoms with Crippen LogP contribution in [0.5, 0.6) is 0 Å². The number of nitrogens with one attached hydrogen (secondary N) is 1. The largest absolute Gasteiger partial charge is 0.358 e.